The maximum atomic E-state index is 11.2. The molecule has 0 radical (unpaired) electrons. The van der Waals surface area contributed by atoms with E-state index in [-0.39, 0.29) is 0 Å². The minimum atomic E-state index is -0.866. The summed E-state index contributed by atoms with van der Waals surface area (Å²) in [6.07, 6.45) is 1.91. The average Bonchev–Trinajstić information content (AvgIpc) is 2.98. The van der Waals surface area contributed by atoms with Crippen molar-refractivity contribution in [3.05, 3.63) is 36.2 Å². The zero-order valence-corrected chi connectivity index (χ0v) is 13.5. The Kier molecular flexibility index (Phi) is 4.24. The summed E-state index contributed by atoms with van der Waals surface area (Å²) in [6.45, 7) is 3.84. The van der Waals surface area contributed by atoms with Crippen molar-refractivity contribution in [1.82, 2.24) is 25.0 Å². The third-order valence-electron chi connectivity index (χ3n) is 3.38. The van der Waals surface area contributed by atoms with Gasteiger partial charge in [-0.1, -0.05) is 41.6 Å². The second-order valence-corrected chi connectivity index (χ2v) is 6.23. The second-order valence-electron chi connectivity index (χ2n) is 5.04. The van der Waals surface area contributed by atoms with Gasteiger partial charge in [0.25, 0.3) is 0 Å². The molecule has 0 amide bonds. The number of fused-ring (bicyclic) bond motifs is 1. The largest absolute Gasteiger partial charge is 0.480 e. The molecule has 3 aromatic rings. The van der Waals surface area contributed by atoms with E-state index >= 15 is 0 Å². The standard InChI is InChI=1S/C15H15N5O2S/c1-3-11(15(21)22)23-14-12-13(16-8-17-14)20(19-18-12)10-6-4-9(2)5-7-10/h4-8,11H,3H2,1-2H3,(H,21,22)/t11-/m0/s1. The van der Waals surface area contributed by atoms with Crippen LogP contribution in [-0.2, 0) is 4.79 Å². The minimum Gasteiger partial charge on any atom is -0.480 e. The van der Waals surface area contributed by atoms with Gasteiger partial charge < -0.3 is 5.11 Å². The molecule has 1 aromatic carbocycles. The Morgan fingerprint density at radius 2 is 2.04 bits per heavy atom. The molecule has 0 fully saturated rings. The molecule has 2 aromatic heterocycles. The number of thioether (sulfide) groups is 1. The van der Waals surface area contributed by atoms with E-state index in [2.05, 4.69) is 20.3 Å². The fourth-order valence-corrected chi connectivity index (χ4v) is 3.01. The van der Waals surface area contributed by atoms with Crippen LogP contribution in [0.5, 0.6) is 0 Å². The van der Waals surface area contributed by atoms with Crippen LogP contribution in [0.15, 0.2) is 35.6 Å². The van der Waals surface area contributed by atoms with Crippen molar-refractivity contribution in [2.24, 2.45) is 0 Å². The number of benzene rings is 1. The fourth-order valence-electron chi connectivity index (χ4n) is 2.12. The van der Waals surface area contributed by atoms with Gasteiger partial charge >= 0.3 is 5.97 Å². The first-order chi connectivity index (χ1) is 11.1. The van der Waals surface area contributed by atoms with Crippen LogP contribution in [-0.4, -0.2) is 41.3 Å². The Labute approximate surface area is 136 Å². The molecule has 0 aliphatic rings. The van der Waals surface area contributed by atoms with Crippen molar-refractivity contribution in [2.75, 3.05) is 0 Å². The number of aromatic nitrogens is 5. The van der Waals surface area contributed by atoms with Gasteiger partial charge in [0.2, 0.25) is 0 Å². The molecule has 1 atom stereocenters. The Bertz CT molecular complexity index is 847. The van der Waals surface area contributed by atoms with Gasteiger partial charge in [-0.3, -0.25) is 4.79 Å². The first kappa shape index (κ1) is 15.4. The molecule has 2 heterocycles. The molecule has 118 valence electrons. The van der Waals surface area contributed by atoms with Crippen LogP contribution in [0.4, 0.5) is 0 Å². The summed E-state index contributed by atoms with van der Waals surface area (Å²) in [5, 5.41) is 17.4. The molecule has 0 unspecified atom stereocenters. The van der Waals surface area contributed by atoms with E-state index in [9.17, 15) is 9.90 Å². The Morgan fingerprint density at radius 1 is 1.30 bits per heavy atom. The summed E-state index contributed by atoms with van der Waals surface area (Å²) >= 11 is 1.17. The predicted octanol–water partition coefficient (Wildman–Crippen LogP) is 2.47. The van der Waals surface area contributed by atoms with Crippen LogP contribution in [0.25, 0.3) is 16.9 Å². The third kappa shape index (κ3) is 3.02. The lowest BCUT2D eigenvalue weighted by atomic mass is 10.2. The molecule has 0 saturated carbocycles. The maximum Gasteiger partial charge on any atom is 0.317 e. The van der Waals surface area contributed by atoms with E-state index in [1.807, 2.05) is 38.1 Å². The molecule has 3 rings (SSSR count). The van der Waals surface area contributed by atoms with Gasteiger partial charge in [0, 0.05) is 0 Å². The summed E-state index contributed by atoms with van der Waals surface area (Å²) in [6, 6.07) is 7.84. The number of aryl methyl sites for hydroxylation is 1. The van der Waals surface area contributed by atoms with Gasteiger partial charge in [-0.15, -0.1) is 5.10 Å². The summed E-state index contributed by atoms with van der Waals surface area (Å²) < 4.78 is 1.63. The van der Waals surface area contributed by atoms with Crippen LogP contribution in [0.1, 0.15) is 18.9 Å². The van der Waals surface area contributed by atoms with Crippen molar-refractivity contribution in [1.29, 1.82) is 0 Å². The lowest BCUT2D eigenvalue weighted by Crippen LogP contribution is -2.15. The number of hydrogen-bond donors (Lipinski definition) is 1. The Morgan fingerprint density at radius 3 is 2.70 bits per heavy atom. The van der Waals surface area contributed by atoms with Crippen LogP contribution < -0.4 is 0 Å². The molecule has 23 heavy (non-hydrogen) atoms. The highest BCUT2D eigenvalue weighted by atomic mass is 32.2. The molecule has 7 nitrogen and oxygen atoms in total. The molecule has 0 saturated heterocycles. The van der Waals surface area contributed by atoms with Crippen LogP contribution in [0.3, 0.4) is 0 Å². The molecule has 1 N–H and O–H groups in total. The average molecular weight is 329 g/mol. The summed E-state index contributed by atoms with van der Waals surface area (Å²) in [7, 11) is 0. The number of carboxylic acids is 1. The lowest BCUT2D eigenvalue weighted by Gasteiger charge is -2.08. The number of carboxylic acid groups (broad SMARTS) is 1. The highest BCUT2D eigenvalue weighted by Gasteiger charge is 2.21. The number of aliphatic carboxylic acids is 1. The van der Waals surface area contributed by atoms with Crippen LogP contribution >= 0.6 is 11.8 Å². The summed E-state index contributed by atoms with van der Waals surface area (Å²) in [5.41, 5.74) is 3.07. The summed E-state index contributed by atoms with van der Waals surface area (Å²) in [4.78, 5) is 19.6. The number of rotatable bonds is 5. The third-order valence-corrected chi connectivity index (χ3v) is 4.72. The van der Waals surface area contributed by atoms with Gasteiger partial charge in [-0.05, 0) is 25.5 Å². The van der Waals surface area contributed by atoms with E-state index in [0.717, 1.165) is 11.3 Å². The topological polar surface area (TPSA) is 93.8 Å². The van der Waals surface area contributed by atoms with Gasteiger partial charge in [0.1, 0.15) is 16.6 Å². The van der Waals surface area contributed by atoms with Crippen molar-refractivity contribution >= 4 is 28.9 Å². The molecule has 0 aliphatic carbocycles. The number of nitrogens with zero attached hydrogens (tertiary/aromatic N) is 5. The smallest absolute Gasteiger partial charge is 0.317 e. The normalized spacial score (nSPS) is 12.4. The highest BCUT2D eigenvalue weighted by Crippen LogP contribution is 2.28. The predicted molar refractivity (Wildman–Crippen MR) is 86.8 cm³/mol. The van der Waals surface area contributed by atoms with Gasteiger partial charge in [0.15, 0.2) is 11.2 Å². The van der Waals surface area contributed by atoms with Crippen LogP contribution in [0, 0.1) is 6.92 Å². The fraction of sp³-hybridized carbons (Fsp3) is 0.267. The Hall–Kier alpha value is -2.48. The first-order valence-corrected chi connectivity index (χ1v) is 8.01. The SMILES string of the molecule is CC[C@H](Sc1ncnc2c1nnn2-c1ccc(C)cc1)C(=O)O. The maximum absolute atomic E-state index is 11.2. The monoisotopic (exact) mass is 329 g/mol. The second kappa shape index (κ2) is 6.33. The first-order valence-electron chi connectivity index (χ1n) is 7.13. The van der Waals surface area contributed by atoms with E-state index < -0.39 is 11.2 Å². The van der Waals surface area contributed by atoms with Crippen molar-refractivity contribution in [3.63, 3.8) is 0 Å². The zero-order valence-electron chi connectivity index (χ0n) is 12.7. The number of hydrogen-bond acceptors (Lipinski definition) is 6. The molecular weight excluding hydrogens is 314 g/mol. The summed E-state index contributed by atoms with van der Waals surface area (Å²) in [5.74, 6) is -0.866. The molecule has 0 aliphatic heterocycles. The Balaban J connectivity index is 2.03. The molecule has 8 heteroatoms. The van der Waals surface area contributed by atoms with Crippen molar-refractivity contribution in [2.45, 2.75) is 30.5 Å². The van der Waals surface area contributed by atoms with Crippen molar-refractivity contribution in [3.8, 4) is 5.69 Å². The number of carbonyl (C=O) groups is 1. The van der Waals surface area contributed by atoms with Crippen molar-refractivity contribution < 1.29 is 9.90 Å². The van der Waals surface area contributed by atoms with E-state index in [1.165, 1.54) is 18.1 Å². The van der Waals surface area contributed by atoms with Gasteiger partial charge in [-0.2, -0.15) is 4.68 Å². The van der Waals surface area contributed by atoms with E-state index in [4.69, 9.17) is 0 Å². The van der Waals surface area contributed by atoms with Gasteiger partial charge in [-0.25, -0.2) is 9.97 Å². The molecule has 0 spiro atoms. The molecule has 0 bridgehead atoms. The highest BCUT2D eigenvalue weighted by molar-refractivity contribution is 8.00. The van der Waals surface area contributed by atoms with Gasteiger partial charge in [0.05, 0.1) is 5.69 Å². The van der Waals surface area contributed by atoms with E-state index in [1.54, 1.807) is 4.68 Å². The zero-order chi connectivity index (χ0) is 16.4. The lowest BCUT2D eigenvalue weighted by molar-refractivity contribution is -0.136. The van der Waals surface area contributed by atoms with Crippen LogP contribution in [0.2, 0.25) is 0 Å². The minimum absolute atomic E-state index is 0.498. The molecular formula is C15H15N5O2S. The quantitative estimate of drug-likeness (QED) is 0.567. The van der Waals surface area contributed by atoms with E-state index in [0.29, 0.717) is 22.6 Å².